The molecule has 0 aromatic heterocycles. The Balaban J connectivity index is 0.00000312. The lowest BCUT2D eigenvalue weighted by atomic mass is 9.96. The third-order valence-electron chi connectivity index (χ3n) is 4.61. The van der Waals surface area contributed by atoms with Crippen LogP contribution in [-0.2, 0) is 10.0 Å². The Morgan fingerprint density at radius 1 is 1.24 bits per heavy atom. The minimum absolute atomic E-state index is 0. The predicted octanol–water partition coefficient (Wildman–Crippen LogP) is 2.14. The van der Waals surface area contributed by atoms with Gasteiger partial charge in [0, 0.05) is 31.2 Å². The van der Waals surface area contributed by atoms with E-state index in [1.54, 1.807) is 19.2 Å². The molecule has 1 aliphatic carbocycles. The second kappa shape index (κ2) is 9.52. The van der Waals surface area contributed by atoms with E-state index in [2.05, 4.69) is 5.32 Å². The summed E-state index contributed by atoms with van der Waals surface area (Å²) in [5.74, 6) is -0.252. The molecule has 25 heavy (non-hydrogen) atoms. The first-order valence-electron chi connectivity index (χ1n) is 8.45. The molecule has 142 valence electrons. The Kier molecular flexibility index (Phi) is 8.34. The number of nitrogens with one attached hydrogen (secondary N) is 1. The van der Waals surface area contributed by atoms with E-state index < -0.39 is 10.0 Å². The fourth-order valence-electron chi connectivity index (χ4n) is 2.95. The highest BCUT2D eigenvalue weighted by Crippen LogP contribution is 2.26. The van der Waals surface area contributed by atoms with Crippen LogP contribution in [0.15, 0.2) is 29.2 Å². The van der Waals surface area contributed by atoms with Crippen molar-refractivity contribution >= 4 is 28.3 Å². The van der Waals surface area contributed by atoms with Crippen LogP contribution < -0.4 is 11.1 Å². The van der Waals surface area contributed by atoms with Gasteiger partial charge in [-0.2, -0.15) is 4.31 Å². The van der Waals surface area contributed by atoms with E-state index in [1.807, 2.05) is 6.92 Å². The van der Waals surface area contributed by atoms with E-state index in [0.717, 1.165) is 25.7 Å². The number of amides is 1. The monoisotopic (exact) mass is 389 g/mol. The average Bonchev–Trinajstić information content (AvgIpc) is 2.61. The number of sulfonamides is 1. The Hall–Kier alpha value is -1.15. The van der Waals surface area contributed by atoms with E-state index in [1.165, 1.54) is 22.9 Å². The van der Waals surface area contributed by atoms with Crippen LogP contribution in [0.4, 0.5) is 0 Å². The SMILES string of the molecule is C[C@@H](CN)NC(=O)c1ccc(S(=O)(=O)N(C)C2CCCCC2)cc1.Cl. The molecule has 0 radical (unpaired) electrons. The molecule has 0 bridgehead atoms. The fraction of sp³-hybridized carbons (Fsp3) is 0.588. The van der Waals surface area contributed by atoms with Gasteiger partial charge in [-0.1, -0.05) is 19.3 Å². The van der Waals surface area contributed by atoms with Gasteiger partial charge in [-0.05, 0) is 44.0 Å². The number of hydrogen-bond acceptors (Lipinski definition) is 4. The highest BCUT2D eigenvalue weighted by atomic mass is 35.5. The van der Waals surface area contributed by atoms with E-state index in [0.29, 0.717) is 12.1 Å². The number of rotatable bonds is 6. The van der Waals surface area contributed by atoms with Gasteiger partial charge in [0.15, 0.2) is 0 Å². The van der Waals surface area contributed by atoms with Crippen molar-refractivity contribution in [2.45, 2.75) is 56.0 Å². The highest BCUT2D eigenvalue weighted by Gasteiger charge is 2.29. The molecule has 6 nitrogen and oxygen atoms in total. The van der Waals surface area contributed by atoms with Crippen molar-refractivity contribution in [2.75, 3.05) is 13.6 Å². The number of hydrogen-bond donors (Lipinski definition) is 2. The smallest absolute Gasteiger partial charge is 0.251 e. The standard InChI is InChI=1S/C17H27N3O3S.ClH/c1-13(12-18)19-17(21)14-8-10-16(11-9-14)24(22,23)20(2)15-6-4-3-5-7-15;/h8-11,13,15H,3-7,12,18H2,1-2H3,(H,19,21);1H/t13-;/m0./s1. The van der Waals surface area contributed by atoms with Crippen LogP contribution in [0, 0.1) is 0 Å². The summed E-state index contributed by atoms with van der Waals surface area (Å²) in [6.07, 6.45) is 5.14. The average molecular weight is 390 g/mol. The van der Waals surface area contributed by atoms with Crippen LogP contribution in [0.3, 0.4) is 0 Å². The summed E-state index contributed by atoms with van der Waals surface area (Å²) in [7, 11) is -1.88. The first kappa shape index (κ1) is 21.9. The second-order valence-corrected chi connectivity index (χ2v) is 8.45. The molecule has 1 amide bonds. The maximum absolute atomic E-state index is 12.7. The molecule has 1 fully saturated rings. The van der Waals surface area contributed by atoms with Gasteiger partial charge in [0.25, 0.3) is 5.91 Å². The van der Waals surface area contributed by atoms with Crippen molar-refractivity contribution in [3.63, 3.8) is 0 Å². The molecule has 3 N–H and O–H groups in total. The van der Waals surface area contributed by atoms with Gasteiger partial charge in [0.05, 0.1) is 4.90 Å². The lowest BCUT2D eigenvalue weighted by molar-refractivity contribution is 0.0941. The number of carbonyl (C=O) groups is 1. The largest absolute Gasteiger partial charge is 0.348 e. The zero-order chi connectivity index (χ0) is 17.7. The minimum Gasteiger partial charge on any atom is -0.348 e. The van der Waals surface area contributed by atoms with Gasteiger partial charge in [-0.15, -0.1) is 12.4 Å². The minimum atomic E-state index is -3.53. The van der Waals surface area contributed by atoms with Crippen LogP contribution in [0.5, 0.6) is 0 Å². The maximum Gasteiger partial charge on any atom is 0.251 e. The lowest BCUT2D eigenvalue weighted by Gasteiger charge is -2.30. The van der Waals surface area contributed by atoms with Gasteiger partial charge in [-0.3, -0.25) is 4.79 Å². The van der Waals surface area contributed by atoms with E-state index in [-0.39, 0.29) is 35.3 Å². The first-order chi connectivity index (χ1) is 11.4. The molecule has 1 atom stereocenters. The third-order valence-corrected chi connectivity index (χ3v) is 6.54. The Morgan fingerprint density at radius 2 is 1.80 bits per heavy atom. The number of carbonyl (C=O) groups excluding carboxylic acids is 1. The van der Waals surface area contributed by atoms with Gasteiger partial charge in [-0.25, -0.2) is 8.42 Å². The Bertz CT molecular complexity index is 658. The van der Waals surface area contributed by atoms with E-state index >= 15 is 0 Å². The molecule has 0 aliphatic heterocycles. The Morgan fingerprint density at radius 3 is 2.32 bits per heavy atom. The first-order valence-corrected chi connectivity index (χ1v) is 9.89. The van der Waals surface area contributed by atoms with Crippen molar-refractivity contribution in [3.05, 3.63) is 29.8 Å². The summed E-state index contributed by atoms with van der Waals surface area (Å²) in [5.41, 5.74) is 5.91. The van der Waals surface area contributed by atoms with Gasteiger partial charge in [0.1, 0.15) is 0 Å². The fourth-order valence-corrected chi connectivity index (χ4v) is 4.37. The summed E-state index contributed by atoms with van der Waals surface area (Å²) in [5, 5.41) is 2.75. The molecule has 1 aromatic carbocycles. The van der Waals surface area contributed by atoms with Gasteiger partial charge >= 0.3 is 0 Å². The number of nitrogens with two attached hydrogens (primary N) is 1. The highest BCUT2D eigenvalue weighted by molar-refractivity contribution is 7.89. The van der Waals surface area contributed by atoms with E-state index in [4.69, 9.17) is 5.73 Å². The molecule has 1 aliphatic rings. The van der Waals surface area contributed by atoms with Gasteiger partial charge < -0.3 is 11.1 Å². The molecule has 0 spiro atoms. The summed E-state index contributed by atoms with van der Waals surface area (Å²) < 4.78 is 27.0. The van der Waals surface area contributed by atoms with Crippen LogP contribution >= 0.6 is 12.4 Å². The summed E-state index contributed by atoms with van der Waals surface area (Å²) in [4.78, 5) is 12.3. The van der Waals surface area contributed by atoms with Crippen LogP contribution in [0.1, 0.15) is 49.4 Å². The predicted molar refractivity (Wildman–Crippen MR) is 101 cm³/mol. The molecule has 0 heterocycles. The maximum atomic E-state index is 12.7. The van der Waals surface area contributed by atoms with Crippen molar-refractivity contribution in [1.82, 2.24) is 9.62 Å². The van der Waals surface area contributed by atoms with Crippen molar-refractivity contribution in [1.29, 1.82) is 0 Å². The molecule has 8 heteroatoms. The zero-order valence-corrected chi connectivity index (χ0v) is 16.4. The molecule has 1 aromatic rings. The summed E-state index contributed by atoms with van der Waals surface area (Å²) in [6, 6.07) is 6.02. The molecular formula is C17H28ClN3O3S. The topological polar surface area (TPSA) is 92.5 Å². The summed E-state index contributed by atoms with van der Waals surface area (Å²) in [6.45, 7) is 2.17. The number of halogens is 1. The van der Waals surface area contributed by atoms with Crippen LogP contribution in [0.2, 0.25) is 0 Å². The molecule has 0 unspecified atom stereocenters. The van der Waals surface area contributed by atoms with Crippen molar-refractivity contribution < 1.29 is 13.2 Å². The summed E-state index contributed by atoms with van der Waals surface area (Å²) >= 11 is 0. The third kappa shape index (κ3) is 5.41. The van der Waals surface area contributed by atoms with Crippen LogP contribution in [-0.4, -0.2) is 44.3 Å². The second-order valence-electron chi connectivity index (χ2n) is 6.45. The molecule has 0 saturated heterocycles. The number of benzene rings is 1. The zero-order valence-electron chi connectivity index (χ0n) is 14.8. The van der Waals surface area contributed by atoms with Crippen molar-refractivity contribution in [3.8, 4) is 0 Å². The van der Waals surface area contributed by atoms with Crippen LogP contribution in [0.25, 0.3) is 0 Å². The number of nitrogens with zero attached hydrogens (tertiary/aromatic N) is 1. The Labute approximate surface area is 156 Å². The molecular weight excluding hydrogens is 362 g/mol. The van der Waals surface area contributed by atoms with E-state index in [9.17, 15) is 13.2 Å². The van der Waals surface area contributed by atoms with Crippen molar-refractivity contribution in [2.24, 2.45) is 5.73 Å². The molecule has 1 saturated carbocycles. The normalized spacial score (nSPS) is 17.0. The van der Waals surface area contributed by atoms with Gasteiger partial charge in [0.2, 0.25) is 10.0 Å². The lowest BCUT2D eigenvalue weighted by Crippen LogP contribution is -2.38. The molecule has 2 rings (SSSR count). The quantitative estimate of drug-likeness (QED) is 0.779.